The fraction of sp³-hybridized carbons (Fsp3) is 0. The third kappa shape index (κ3) is 2.87. The SMILES string of the molecule is O=C(c1ccccc1)c1c[nH]cc(C(=O)c2ccccc2)c1=O. The summed E-state index contributed by atoms with van der Waals surface area (Å²) in [4.78, 5) is 40.2. The lowest BCUT2D eigenvalue weighted by Gasteiger charge is -2.04. The van der Waals surface area contributed by atoms with Gasteiger partial charge in [0.2, 0.25) is 5.43 Å². The molecule has 0 saturated carbocycles. The van der Waals surface area contributed by atoms with Gasteiger partial charge in [0.25, 0.3) is 0 Å². The number of aromatic nitrogens is 1. The van der Waals surface area contributed by atoms with Crippen molar-refractivity contribution in [2.75, 3.05) is 0 Å². The highest BCUT2D eigenvalue weighted by Gasteiger charge is 2.19. The van der Waals surface area contributed by atoms with Crippen LogP contribution in [0, 0.1) is 0 Å². The molecular weight excluding hydrogens is 290 g/mol. The molecule has 2 aromatic carbocycles. The van der Waals surface area contributed by atoms with Crippen LogP contribution in [-0.4, -0.2) is 16.6 Å². The summed E-state index contributed by atoms with van der Waals surface area (Å²) in [6.45, 7) is 0. The van der Waals surface area contributed by atoms with Crippen molar-refractivity contribution in [3.63, 3.8) is 0 Å². The normalized spacial score (nSPS) is 10.3. The minimum absolute atomic E-state index is 0.0435. The van der Waals surface area contributed by atoms with E-state index in [1.165, 1.54) is 12.4 Å². The topological polar surface area (TPSA) is 67.0 Å². The Balaban J connectivity index is 2.05. The Labute approximate surface area is 132 Å². The van der Waals surface area contributed by atoms with Gasteiger partial charge in [0.15, 0.2) is 11.6 Å². The van der Waals surface area contributed by atoms with Crippen molar-refractivity contribution in [1.29, 1.82) is 0 Å². The average Bonchev–Trinajstić information content (AvgIpc) is 2.62. The first-order valence-corrected chi connectivity index (χ1v) is 7.09. The van der Waals surface area contributed by atoms with Gasteiger partial charge in [-0.1, -0.05) is 60.7 Å². The Morgan fingerprint density at radius 3 is 1.43 bits per heavy atom. The van der Waals surface area contributed by atoms with Gasteiger partial charge >= 0.3 is 0 Å². The largest absolute Gasteiger partial charge is 0.366 e. The van der Waals surface area contributed by atoms with E-state index in [1.807, 2.05) is 0 Å². The minimum atomic E-state index is -0.563. The quantitative estimate of drug-likeness (QED) is 0.754. The van der Waals surface area contributed by atoms with Gasteiger partial charge in [-0.3, -0.25) is 14.4 Å². The van der Waals surface area contributed by atoms with Gasteiger partial charge in [0.1, 0.15) is 0 Å². The molecule has 0 saturated heterocycles. The first kappa shape index (κ1) is 14.7. The molecule has 0 amide bonds. The Morgan fingerprint density at radius 2 is 1.04 bits per heavy atom. The van der Waals surface area contributed by atoms with E-state index in [-0.39, 0.29) is 11.1 Å². The van der Waals surface area contributed by atoms with Crippen molar-refractivity contribution >= 4 is 11.6 Å². The number of aromatic amines is 1. The molecule has 0 aliphatic rings. The summed E-state index contributed by atoms with van der Waals surface area (Å²) >= 11 is 0. The molecule has 0 atom stereocenters. The number of hydrogen-bond acceptors (Lipinski definition) is 3. The summed E-state index contributed by atoms with van der Waals surface area (Å²) in [6.07, 6.45) is 2.67. The predicted molar refractivity (Wildman–Crippen MR) is 86.8 cm³/mol. The first-order chi connectivity index (χ1) is 11.2. The zero-order valence-corrected chi connectivity index (χ0v) is 12.2. The van der Waals surface area contributed by atoms with Crippen LogP contribution in [-0.2, 0) is 0 Å². The van der Waals surface area contributed by atoms with Crippen molar-refractivity contribution in [3.05, 3.63) is 106 Å². The minimum Gasteiger partial charge on any atom is -0.366 e. The van der Waals surface area contributed by atoms with E-state index in [0.717, 1.165) is 0 Å². The van der Waals surface area contributed by atoms with E-state index in [2.05, 4.69) is 4.98 Å². The van der Waals surface area contributed by atoms with Gasteiger partial charge in [-0.05, 0) is 0 Å². The molecule has 0 aliphatic carbocycles. The Morgan fingerprint density at radius 1 is 0.652 bits per heavy atom. The second-order valence-corrected chi connectivity index (χ2v) is 5.00. The van der Waals surface area contributed by atoms with Gasteiger partial charge in [-0.25, -0.2) is 0 Å². The smallest absolute Gasteiger partial charge is 0.203 e. The molecule has 1 heterocycles. The molecule has 0 fully saturated rings. The highest BCUT2D eigenvalue weighted by molar-refractivity contribution is 6.12. The van der Waals surface area contributed by atoms with Crippen LogP contribution in [0.4, 0.5) is 0 Å². The summed E-state index contributed by atoms with van der Waals surface area (Å²) in [7, 11) is 0. The van der Waals surface area contributed by atoms with E-state index in [0.29, 0.717) is 11.1 Å². The molecule has 0 unspecified atom stereocenters. The summed E-state index contributed by atoms with van der Waals surface area (Å²) in [5, 5.41) is 0. The average molecular weight is 303 g/mol. The highest BCUT2D eigenvalue weighted by Crippen LogP contribution is 2.09. The van der Waals surface area contributed by atoms with Crippen molar-refractivity contribution in [2.24, 2.45) is 0 Å². The second-order valence-electron chi connectivity index (χ2n) is 5.00. The maximum Gasteiger partial charge on any atom is 0.203 e. The number of rotatable bonds is 4. The van der Waals surface area contributed by atoms with Gasteiger partial charge < -0.3 is 4.98 Å². The molecule has 1 aromatic heterocycles. The van der Waals surface area contributed by atoms with Crippen LogP contribution >= 0.6 is 0 Å². The summed E-state index contributed by atoms with van der Waals surface area (Å²) in [5.74, 6) is -0.816. The van der Waals surface area contributed by atoms with E-state index >= 15 is 0 Å². The Kier molecular flexibility index (Phi) is 3.97. The summed E-state index contributed by atoms with van der Waals surface area (Å²) in [6, 6.07) is 17.0. The molecule has 4 heteroatoms. The maximum absolute atomic E-state index is 12.5. The van der Waals surface area contributed by atoms with Crippen molar-refractivity contribution in [1.82, 2.24) is 4.98 Å². The number of H-pyrrole nitrogens is 1. The molecule has 23 heavy (non-hydrogen) atoms. The van der Waals surface area contributed by atoms with Crippen LogP contribution < -0.4 is 5.43 Å². The van der Waals surface area contributed by atoms with Crippen molar-refractivity contribution in [2.45, 2.75) is 0 Å². The van der Waals surface area contributed by atoms with Crippen LogP contribution in [0.5, 0.6) is 0 Å². The van der Waals surface area contributed by atoms with E-state index in [9.17, 15) is 14.4 Å². The molecule has 3 aromatic rings. The van der Waals surface area contributed by atoms with Crippen LogP contribution in [0.3, 0.4) is 0 Å². The summed E-state index contributed by atoms with van der Waals surface area (Å²) < 4.78 is 0. The lowest BCUT2D eigenvalue weighted by Crippen LogP contribution is -2.23. The number of hydrogen-bond donors (Lipinski definition) is 1. The van der Waals surface area contributed by atoms with Gasteiger partial charge in [-0.2, -0.15) is 0 Å². The zero-order valence-electron chi connectivity index (χ0n) is 12.2. The number of carbonyl (C=O) groups is 2. The molecule has 0 radical (unpaired) electrons. The van der Waals surface area contributed by atoms with E-state index in [4.69, 9.17) is 0 Å². The number of carbonyl (C=O) groups excluding carboxylic acids is 2. The fourth-order valence-electron chi connectivity index (χ4n) is 2.31. The van der Waals surface area contributed by atoms with Gasteiger partial charge in [0, 0.05) is 23.5 Å². The van der Waals surface area contributed by atoms with Crippen molar-refractivity contribution < 1.29 is 9.59 Å². The zero-order chi connectivity index (χ0) is 16.2. The summed E-state index contributed by atoms with van der Waals surface area (Å²) in [5.41, 5.74) is 0.159. The second kappa shape index (κ2) is 6.23. The third-order valence-corrected chi connectivity index (χ3v) is 3.51. The van der Waals surface area contributed by atoms with E-state index < -0.39 is 17.0 Å². The van der Waals surface area contributed by atoms with Crippen LogP contribution in [0.25, 0.3) is 0 Å². The van der Waals surface area contributed by atoms with Crippen molar-refractivity contribution in [3.8, 4) is 0 Å². The maximum atomic E-state index is 12.5. The third-order valence-electron chi connectivity index (χ3n) is 3.51. The molecule has 112 valence electrons. The van der Waals surface area contributed by atoms with E-state index in [1.54, 1.807) is 60.7 Å². The number of ketones is 2. The lowest BCUT2D eigenvalue weighted by molar-refractivity contribution is 0.103. The molecule has 0 spiro atoms. The monoisotopic (exact) mass is 303 g/mol. The molecule has 4 nitrogen and oxygen atoms in total. The van der Waals surface area contributed by atoms with Gasteiger partial charge in [-0.15, -0.1) is 0 Å². The lowest BCUT2D eigenvalue weighted by atomic mass is 9.99. The highest BCUT2D eigenvalue weighted by atomic mass is 16.1. The molecule has 3 rings (SSSR count). The molecule has 0 bridgehead atoms. The Bertz CT molecular complexity index is 839. The van der Waals surface area contributed by atoms with Crippen LogP contribution in [0.2, 0.25) is 0 Å². The standard InChI is InChI=1S/C19H13NO3/c21-17(13-7-3-1-4-8-13)15-11-20-12-16(19(15)23)18(22)14-9-5-2-6-10-14/h1-12H,(H,20,23). The molecule has 0 aliphatic heterocycles. The molecular formula is C19H13NO3. The fourth-order valence-corrected chi connectivity index (χ4v) is 2.31. The molecule has 1 N–H and O–H groups in total. The number of nitrogens with one attached hydrogen (secondary N) is 1. The first-order valence-electron chi connectivity index (χ1n) is 7.09. The number of pyridine rings is 1. The Hall–Kier alpha value is -3.27. The van der Waals surface area contributed by atoms with Gasteiger partial charge in [0.05, 0.1) is 11.1 Å². The van der Waals surface area contributed by atoms with Crippen LogP contribution in [0.1, 0.15) is 31.8 Å². The van der Waals surface area contributed by atoms with Crippen LogP contribution in [0.15, 0.2) is 77.9 Å². The predicted octanol–water partition coefficient (Wildman–Crippen LogP) is 2.84. The number of benzene rings is 2.